The summed E-state index contributed by atoms with van der Waals surface area (Å²) >= 11 is 3.29. The van der Waals surface area contributed by atoms with Crippen LogP contribution in [0, 0.1) is 0 Å². The Labute approximate surface area is 135 Å². The summed E-state index contributed by atoms with van der Waals surface area (Å²) in [6, 6.07) is 8.25. The van der Waals surface area contributed by atoms with Crippen molar-refractivity contribution in [3.05, 3.63) is 58.5 Å². The monoisotopic (exact) mass is 364 g/mol. The minimum absolute atomic E-state index is 0.378. The number of nitrogens with one attached hydrogen (secondary N) is 2. The number of carbonyl (C=O) groups excluding carboxylic acids is 2. The standard InChI is InChI=1S/C15H13BrN2O4/c1-21-13-6-4-10(9-12(13)16)15(20)18-17-14(19)7-5-11-3-2-8-22-11/h2-9H,1H3,(H,17,19)(H,18,20)/b7-5+. The molecule has 0 radical (unpaired) electrons. The van der Waals surface area contributed by atoms with E-state index in [1.54, 1.807) is 30.3 Å². The maximum atomic E-state index is 11.9. The van der Waals surface area contributed by atoms with Gasteiger partial charge in [-0.25, -0.2) is 0 Å². The molecule has 22 heavy (non-hydrogen) atoms. The van der Waals surface area contributed by atoms with Crippen molar-refractivity contribution in [1.82, 2.24) is 10.9 Å². The topological polar surface area (TPSA) is 80.6 Å². The summed E-state index contributed by atoms with van der Waals surface area (Å²) in [5, 5.41) is 0. The second kappa shape index (κ2) is 7.46. The molecule has 1 aromatic carbocycles. The SMILES string of the molecule is COc1ccc(C(=O)NNC(=O)/C=C/c2ccco2)cc1Br. The zero-order valence-corrected chi connectivity index (χ0v) is 13.2. The molecule has 0 aliphatic carbocycles. The number of hydrogen-bond acceptors (Lipinski definition) is 4. The molecule has 0 aliphatic rings. The lowest BCUT2D eigenvalue weighted by Gasteiger charge is -2.07. The van der Waals surface area contributed by atoms with Crippen LogP contribution in [0.4, 0.5) is 0 Å². The Morgan fingerprint density at radius 3 is 2.73 bits per heavy atom. The largest absolute Gasteiger partial charge is 0.496 e. The first-order valence-electron chi connectivity index (χ1n) is 6.25. The Morgan fingerprint density at radius 2 is 2.09 bits per heavy atom. The van der Waals surface area contributed by atoms with Gasteiger partial charge in [-0.2, -0.15) is 0 Å². The van der Waals surface area contributed by atoms with Gasteiger partial charge in [0.05, 0.1) is 17.8 Å². The zero-order valence-electron chi connectivity index (χ0n) is 11.6. The fourth-order valence-corrected chi connectivity index (χ4v) is 2.12. The minimum atomic E-state index is -0.475. The van der Waals surface area contributed by atoms with Crippen molar-refractivity contribution in [2.45, 2.75) is 0 Å². The van der Waals surface area contributed by atoms with Gasteiger partial charge in [-0.05, 0) is 52.3 Å². The van der Waals surface area contributed by atoms with Crippen LogP contribution in [-0.4, -0.2) is 18.9 Å². The van der Waals surface area contributed by atoms with E-state index in [9.17, 15) is 9.59 Å². The predicted octanol–water partition coefficient (Wildman–Crippen LogP) is 2.53. The second-order valence-corrected chi connectivity index (χ2v) is 5.00. The lowest BCUT2D eigenvalue weighted by atomic mass is 10.2. The van der Waals surface area contributed by atoms with E-state index in [0.717, 1.165) is 0 Å². The first-order valence-corrected chi connectivity index (χ1v) is 7.05. The molecule has 0 saturated carbocycles. The van der Waals surface area contributed by atoms with Crippen LogP contribution in [0.1, 0.15) is 16.1 Å². The first kappa shape index (κ1) is 15.8. The van der Waals surface area contributed by atoms with Crippen molar-refractivity contribution in [1.29, 1.82) is 0 Å². The highest BCUT2D eigenvalue weighted by Crippen LogP contribution is 2.25. The molecule has 2 aromatic rings. The van der Waals surface area contributed by atoms with E-state index in [1.165, 1.54) is 25.5 Å². The first-order chi connectivity index (χ1) is 10.6. The molecule has 0 spiro atoms. The van der Waals surface area contributed by atoms with Crippen LogP contribution < -0.4 is 15.6 Å². The lowest BCUT2D eigenvalue weighted by molar-refractivity contribution is -0.117. The van der Waals surface area contributed by atoms with E-state index in [4.69, 9.17) is 9.15 Å². The number of amides is 2. The number of carbonyl (C=O) groups is 2. The van der Waals surface area contributed by atoms with Gasteiger partial charge >= 0.3 is 0 Å². The van der Waals surface area contributed by atoms with Crippen LogP contribution in [0.5, 0.6) is 5.75 Å². The van der Waals surface area contributed by atoms with Gasteiger partial charge in [0.15, 0.2) is 0 Å². The van der Waals surface area contributed by atoms with E-state index < -0.39 is 11.8 Å². The van der Waals surface area contributed by atoms with Crippen molar-refractivity contribution >= 4 is 33.8 Å². The highest BCUT2D eigenvalue weighted by molar-refractivity contribution is 9.10. The fourth-order valence-electron chi connectivity index (χ4n) is 1.58. The number of methoxy groups -OCH3 is 1. The summed E-state index contributed by atoms with van der Waals surface area (Å²) in [6.07, 6.45) is 4.25. The molecule has 0 atom stereocenters. The van der Waals surface area contributed by atoms with Gasteiger partial charge in [-0.15, -0.1) is 0 Å². The van der Waals surface area contributed by atoms with Crippen LogP contribution >= 0.6 is 15.9 Å². The van der Waals surface area contributed by atoms with Crippen LogP contribution in [0.15, 0.2) is 51.6 Å². The molecule has 1 heterocycles. The smallest absolute Gasteiger partial charge is 0.269 e. The summed E-state index contributed by atoms with van der Waals surface area (Å²) in [7, 11) is 1.53. The molecule has 2 amide bonds. The molecule has 0 aliphatic heterocycles. The van der Waals surface area contributed by atoms with Crippen molar-refractivity contribution in [2.24, 2.45) is 0 Å². The molecule has 1 aromatic heterocycles. The van der Waals surface area contributed by atoms with Gasteiger partial charge in [-0.3, -0.25) is 20.4 Å². The van der Waals surface area contributed by atoms with Crippen molar-refractivity contribution in [3.8, 4) is 5.75 Å². The van der Waals surface area contributed by atoms with Crippen LogP contribution in [0.2, 0.25) is 0 Å². The molecular weight excluding hydrogens is 352 g/mol. The van der Waals surface area contributed by atoms with Gasteiger partial charge in [0.25, 0.3) is 11.8 Å². The normalized spacial score (nSPS) is 10.5. The van der Waals surface area contributed by atoms with E-state index in [0.29, 0.717) is 21.5 Å². The van der Waals surface area contributed by atoms with E-state index in [2.05, 4.69) is 26.8 Å². The third-order valence-electron chi connectivity index (χ3n) is 2.66. The van der Waals surface area contributed by atoms with Gasteiger partial charge in [-0.1, -0.05) is 0 Å². The molecule has 2 rings (SSSR count). The summed E-state index contributed by atoms with van der Waals surface area (Å²) in [5.74, 6) is 0.239. The maximum absolute atomic E-state index is 11.9. The van der Waals surface area contributed by atoms with Gasteiger partial charge in [0, 0.05) is 11.6 Å². The summed E-state index contributed by atoms with van der Waals surface area (Å²) < 4.78 is 10.8. The number of halogens is 1. The summed E-state index contributed by atoms with van der Waals surface area (Å²) in [4.78, 5) is 23.5. The Morgan fingerprint density at radius 1 is 1.27 bits per heavy atom. The van der Waals surface area contributed by atoms with Crippen LogP contribution in [0.3, 0.4) is 0 Å². The highest BCUT2D eigenvalue weighted by atomic mass is 79.9. The van der Waals surface area contributed by atoms with Crippen molar-refractivity contribution in [2.75, 3.05) is 7.11 Å². The van der Waals surface area contributed by atoms with E-state index in [1.807, 2.05) is 0 Å². The molecule has 0 unspecified atom stereocenters. The third kappa shape index (κ3) is 4.23. The van der Waals surface area contributed by atoms with E-state index in [-0.39, 0.29) is 0 Å². The van der Waals surface area contributed by atoms with Gasteiger partial charge in [0.1, 0.15) is 11.5 Å². The summed E-state index contributed by atoms with van der Waals surface area (Å²) in [6.45, 7) is 0. The quantitative estimate of drug-likeness (QED) is 0.645. The molecule has 6 nitrogen and oxygen atoms in total. The Bertz CT molecular complexity index is 696. The Balaban J connectivity index is 1.89. The molecule has 0 saturated heterocycles. The van der Waals surface area contributed by atoms with E-state index >= 15 is 0 Å². The average Bonchev–Trinajstić information content (AvgIpc) is 3.03. The zero-order chi connectivity index (χ0) is 15.9. The molecule has 0 bridgehead atoms. The number of hydrogen-bond donors (Lipinski definition) is 2. The fraction of sp³-hybridized carbons (Fsp3) is 0.0667. The molecular formula is C15H13BrN2O4. The number of hydrazine groups is 1. The Hall–Kier alpha value is -2.54. The van der Waals surface area contributed by atoms with Crippen molar-refractivity contribution in [3.63, 3.8) is 0 Å². The molecule has 0 fully saturated rings. The number of furan rings is 1. The Kier molecular flexibility index (Phi) is 5.37. The summed E-state index contributed by atoms with van der Waals surface area (Å²) in [5.41, 5.74) is 4.97. The minimum Gasteiger partial charge on any atom is -0.496 e. The third-order valence-corrected chi connectivity index (χ3v) is 3.28. The van der Waals surface area contributed by atoms with Crippen LogP contribution in [0.25, 0.3) is 6.08 Å². The molecule has 114 valence electrons. The number of rotatable bonds is 4. The maximum Gasteiger partial charge on any atom is 0.269 e. The predicted molar refractivity (Wildman–Crippen MR) is 84.0 cm³/mol. The molecule has 7 heteroatoms. The average molecular weight is 365 g/mol. The lowest BCUT2D eigenvalue weighted by Crippen LogP contribution is -2.40. The number of ether oxygens (including phenoxy) is 1. The number of benzene rings is 1. The second-order valence-electron chi connectivity index (χ2n) is 4.14. The van der Waals surface area contributed by atoms with Crippen molar-refractivity contribution < 1.29 is 18.7 Å². The van der Waals surface area contributed by atoms with Gasteiger partial charge in [0.2, 0.25) is 0 Å². The highest BCUT2D eigenvalue weighted by Gasteiger charge is 2.09. The van der Waals surface area contributed by atoms with Gasteiger partial charge < -0.3 is 9.15 Å². The van der Waals surface area contributed by atoms with Crippen LogP contribution in [-0.2, 0) is 4.79 Å². The molecule has 2 N–H and O–H groups in total.